The molecule has 0 bridgehead atoms. The van der Waals surface area contributed by atoms with E-state index in [2.05, 4.69) is 21.2 Å². The number of rotatable bonds is 5. The molecule has 17 heavy (non-hydrogen) atoms. The molecule has 0 amide bonds. The summed E-state index contributed by atoms with van der Waals surface area (Å²) in [6, 6.07) is 4.13. The Labute approximate surface area is 109 Å². The fourth-order valence-electron chi connectivity index (χ4n) is 1.85. The van der Waals surface area contributed by atoms with Gasteiger partial charge in [-0.1, -0.05) is 6.42 Å². The van der Waals surface area contributed by atoms with Gasteiger partial charge in [0.15, 0.2) is 4.67 Å². The first kappa shape index (κ1) is 12.6. The summed E-state index contributed by atoms with van der Waals surface area (Å²) in [4.78, 5) is 11.7. The van der Waals surface area contributed by atoms with E-state index in [1.54, 1.807) is 12.1 Å². The van der Waals surface area contributed by atoms with Gasteiger partial charge in [-0.15, -0.1) is 0 Å². The Morgan fingerprint density at radius 3 is 2.88 bits per heavy atom. The van der Waals surface area contributed by atoms with Crippen molar-refractivity contribution in [2.75, 3.05) is 13.7 Å². The molecule has 1 saturated carbocycles. The van der Waals surface area contributed by atoms with E-state index in [4.69, 9.17) is 9.15 Å². The number of ether oxygens (including phenoxy) is 1. The number of esters is 1. The number of carbonyl (C=O) groups is 1. The van der Waals surface area contributed by atoms with Crippen molar-refractivity contribution in [1.29, 1.82) is 0 Å². The summed E-state index contributed by atoms with van der Waals surface area (Å²) in [6.45, 7) is 0.567. The van der Waals surface area contributed by atoms with Crippen LogP contribution in [0.3, 0.4) is 0 Å². The summed E-state index contributed by atoms with van der Waals surface area (Å²) in [7, 11) is 1.40. The molecule has 1 heterocycles. The van der Waals surface area contributed by atoms with Crippen LogP contribution in [0, 0.1) is 0 Å². The summed E-state index contributed by atoms with van der Waals surface area (Å²) in [5.41, 5.74) is 0. The van der Waals surface area contributed by atoms with Crippen LogP contribution in [0.2, 0.25) is 0 Å². The van der Waals surface area contributed by atoms with E-state index in [1.807, 2.05) is 0 Å². The fraction of sp³-hybridized carbons (Fsp3) is 0.583. The molecule has 0 aromatic carbocycles. The van der Waals surface area contributed by atoms with Crippen molar-refractivity contribution in [2.24, 2.45) is 0 Å². The maximum absolute atomic E-state index is 11.7. The van der Waals surface area contributed by atoms with E-state index < -0.39 is 0 Å². The topological polar surface area (TPSA) is 51.5 Å². The van der Waals surface area contributed by atoms with Gasteiger partial charge in [0, 0.05) is 12.6 Å². The number of hydrogen-bond acceptors (Lipinski definition) is 4. The lowest BCUT2D eigenvalue weighted by molar-refractivity contribution is -0.142. The number of hydrogen-bond donors (Lipinski definition) is 1. The Balaban J connectivity index is 1.99. The van der Waals surface area contributed by atoms with Crippen LogP contribution in [-0.4, -0.2) is 25.7 Å². The number of halogens is 1. The molecule has 4 nitrogen and oxygen atoms in total. The third-order valence-electron chi connectivity index (χ3n) is 3.14. The van der Waals surface area contributed by atoms with Gasteiger partial charge in [0.25, 0.3) is 0 Å². The minimum atomic E-state index is -0.369. The predicted octanol–water partition coefficient (Wildman–Crippen LogP) is 2.44. The van der Waals surface area contributed by atoms with E-state index >= 15 is 0 Å². The molecule has 1 aromatic heterocycles. The van der Waals surface area contributed by atoms with E-state index in [0.29, 0.717) is 23.0 Å². The van der Waals surface area contributed by atoms with Gasteiger partial charge in [0.2, 0.25) is 0 Å². The third kappa shape index (κ3) is 3.10. The Morgan fingerprint density at radius 2 is 2.41 bits per heavy atom. The number of carbonyl (C=O) groups excluding carboxylic acids is 1. The Bertz CT molecular complexity index is 387. The normalized spacial score (nSPS) is 17.5. The van der Waals surface area contributed by atoms with Gasteiger partial charge >= 0.3 is 5.97 Å². The summed E-state index contributed by atoms with van der Waals surface area (Å²) in [5.74, 6) is 0.00104. The van der Waals surface area contributed by atoms with Gasteiger partial charge in [-0.3, -0.25) is 4.79 Å². The van der Waals surface area contributed by atoms with Crippen molar-refractivity contribution in [2.45, 2.75) is 31.2 Å². The molecule has 1 aliphatic rings. The van der Waals surface area contributed by atoms with Crippen molar-refractivity contribution in [3.8, 4) is 0 Å². The number of nitrogens with one attached hydrogen (secondary N) is 1. The SMILES string of the molecule is COC(=O)C(CNC1CCC1)c1ccc(Br)o1. The molecule has 1 unspecified atom stereocenters. The maximum atomic E-state index is 11.7. The van der Waals surface area contributed by atoms with Crippen LogP contribution in [-0.2, 0) is 9.53 Å². The first-order valence-electron chi connectivity index (χ1n) is 5.77. The van der Waals surface area contributed by atoms with E-state index in [9.17, 15) is 4.79 Å². The highest BCUT2D eigenvalue weighted by Crippen LogP contribution is 2.24. The molecule has 0 radical (unpaired) electrons. The van der Waals surface area contributed by atoms with Crippen LogP contribution in [0.15, 0.2) is 21.2 Å². The lowest BCUT2D eigenvalue weighted by Crippen LogP contribution is -2.39. The third-order valence-corrected chi connectivity index (χ3v) is 3.57. The Morgan fingerprint density at radius 1 is 1.65 bits per heavy atom. The zero-order valence-electron chi connectivity index (χ0n) is 9.74. The van der Waals surface area contributed by atoms with E-state index in [-0.39, 0.29) is 11.9 Å². The summed E-state index contributed by atoms with van der Waals surface area (Å²) in [6.07, 6.45) is 3.65. The molecule has 2 rings (SSSR count). The highest BCUT2D eigenvalue weighted by atomic mass is 79.9. The van der Waals surface area contributed by atoms with Crippen LogP contribution in [0.25, 0.3) is 0 Å². The van der Waals surface area contributed by atoms with Gasteiger partial charge in [0.1, 0.15) is 11.7 Å². The van der Waals surface area contributed by atoms with Crippen LogP contribution in [0.4, 0.5) is 0 Å². The molecule has 1 aliphatic carbocycles. The lowest BCUT2D eigenvalue weighted by Gasteiger charge is -2.27. The molecule has 1 atom stereocenters. The molecule has 0 aliphatic heterocycles. The minimum absolute atomic E-state index is 0.265. The highest BCUT2D eigenvalue weighted by molar-refractivity contribution is 9.10. The van der Waals surface area contributed by atoms with Crippen LogP contribution >= 0.6 is 15.9 Å². The predicted molar refractivity (Wildman–Crippen MR) is 66.8 cm³/mol. The number of methoxy groups -OCH3 is 1. The van der Waals surface area contributed by atoms with Gasteiger partial charge < -0.3 is 14.5 Å². The van der Waals surface area contributed by atoms with Crippen LogP contribution < -0.4 is 5.32 Å². The molecule has 1 fully saturated rings. The second-order valence-corrected chi connectivity index (χ2v) is 5.04. The van der Waals surface area contributed by atoms with Crippen molar-refractivity contribution in [3.63, 3.8) is 0 Å². The fourth-order valence-corrected chi connectivity index (χ4v) is 2.17. The summed E-state index contributed by atoms with van der Waals surface area (Å²) >= 11 is 3.24. The molecule has 0 saturated heterocycles. The van der Waals surface area contributed by atoms with Gasteiger partial charge in [-0.2, -0.15) is 0 Å². The monoisotopic (exact) mass is 301 g/mol. The number of furan rings is 1. The largest absolute Gasteiger partial charge is 0.468 e. The molecular formula is C12H16BrNO3. The van der Waals surface area contributed by atoms with Crippen molar-refractivity contribution in [1.82, 2.24) is 5.32 Å². The highest BCUT2D eigenvalue weighted by Gasteiger charge is 2.27. The summed E-state index contributed by atoms with van der Waals surface area (Å²) in [5, 5.41) is 3.37. The smallest absolute Gasteiger partial charge is 0.317 e. The van der Waals surface area contributed by atoms with Gasteiger partial charge in [0.05, 0.1) is 7.11 Å². The maximum Gasteiger partial charge on any atom is 0.317 e. The Hall–Kier alpha value is -0.810. The quantitative estimate of drug-likeness (QED) is 0.849. The average molecular weight is 302 g/mol. The van der Waals surface area contributed by atoms with E-state index in [0.717, 1.165) is 0 Å². The first-order chi connectivity index (χ1) is 8.20. The minimum Gasteiger partial charge on any atom is -0.468 e. The first-order valence-corrected chi connectivity index (χ1v) is 6.56. The van der Waals surface area contributed by atoms with Crippen molar-refractivity contribution < 1.29 is 13.9 Å². The van der Waals surface area contributed by atoms with Crippen LogP contribution in [0.1, 0.15) is 30.9 Å². The lowest BCUT2D eigenvalue weighted by atomic mass is 9.92. The Kier molecular flexibility index (Phi) is 4.23. The molecule has 5 heteroatoms. The van der Waals surface area contributed by atoms with Crippen molar-refractivity contribution in [3.05, 3.63) is 22.6 Å². The summed E-state index contributed by atoms with van der Waals surface area (Å²) < 4.78 is 10.9. The van der Waals surface area contributed by atoms with Crippen molar-refractivity contribution >= 4 is 21.9 Å². The molecule has 94 valence electrons. The second-order valence-electron chi connectivity index (χ2n) is 4.25. The molecule has 1 aromatic rings. The standard InChI is InChI=1S/C12H16BrNO3/c1-16-12(15)9(7-14-8-3-2-4-8)10-5-6-11(13)17-10/h5-6,8-9,14H,2-4,7H2,1H3. The van der Waals surface area contributed by atoms with Crippen LogP contribution in [0.5, 0.6) is 0 Å². The zero-order chi connectivity index (χ0) is 12.3. The molecule has 0 spiro atoms. The average Bonchev–Trinajstić information content (AvgIpc) is 2.67. The molecule has 1 N–H and O–H groups in total. The van der Waals surface area contributed by atoms with Gasteiger partial charge in [-0.25, -0.2) is 0 Å². The molecular weight excluding hydrogens is 286 g/mol. The van der Waals surface area contributed by atoms with E-state index in [1.165, 1.54) is 26.4 Å². The second kappa shape index (κ2) is 5.69. The zero-order valence-corrected chi connectivity index (χ0v) is 11.3. The van der Waals surface area contributed by atoms with Gasteiger partial charge in [-0.05, 0) is 40.9 Å².